The standard InChI is InChI=1S/C30H40N4O4/c35-29(28-11-6-16-34(28)19-22-7-2-1-3-8-22)32-27(30(36)37)14-17-33-20-25(21-33)38-18-15-24-13-12-23-9-4-5-10-26(23)31-24/h1-3,7-8,12-13,25,27-28H,4-6,9-11,14-21H2,(H,32,35)(H,36,37)/t27-,28-/m0/s1. The molecule has 204 valence electrons. The summed E-state index contributed by atoms with van der Waals surface area (Å²) in [5, 5.41) is 12.6. The van der Waals surface area contributed by atoms with Gasteiger partial charge in [-0.15, -0.1) is 0 Å². The molecule has 1 aromatic heterocycles. The van der Waals surface area contributed by atoms with Gasteiger partial charge in [0.05, 0.1) is 18.8 Å². The second-order valence-corrected chi connectivity index (χ2v) is 10.9. The largest absolute Gasteiger partial charge is 0.480 e. The second kappa shape index (κ2) is 12.8. The molecule has 5 rings (SSSR count). The number of carboxylic acids is 1. The van der Waals surface area contributed by atoms with Crippen LogP contribution < -0.4 is 5.32 Å². The number of carbonyl (C=O) groups excluding carboxylic acids is 1. The van der Waals surface area contributed by atoms with E-state index < -0.39 is 12.0 Å². The summed E-state index contributed by atoms with van der Waals surface area (Å²) in [6, 6.07) is 13.3. The van der Waals surface area contributed by atoms with Gasteiger partial charge in [-0.05, 0) is 68.7 Å². The van der Waals surface area contributed by atoms with Crippen LogP contribution in [0, 0.1) is 0 Å². The van der Waals surface area contributed by atoms with Crippen molar-refractivity contribution in [1.82, 2.24) is 20.1 Å². The lowest BCUT2D eigenvalue weighted by molar-refractivity contribution is -0.143. The fraction of sp³-hybridized carbons (Fsp3) is 0.567. The number of carbonyl (C=O) groups is 2. The molecule has 2 fully saturated rings. The average molecular weight is 521 g/mol. The van der Waals surface area contributed by atoms with Gasteiger partial charge in [0.25, 0.3) is 0 Å². The highest BCUT2D eigenvalue weighted by Gasteiger charge is 2.34. The minimum Gasteiger partial charge on any atom is -0.480 e. The lowest BCUT2D eigenvalue weighted by atomic mass is 9.96. The maximum absolute atomic E-state index is 13.0. The maximum Gasteiger partial charge on any atom is 0.326 e. The topological polar surface area (TPSA) is 95.0 Å². The number of hydrogen-bond acceptors (Lipinski definition) is 6. The third-order valence-corrected chi connectivity index (χ3v) is 8.11. The SMILES string of the molecule is O=C(O)[C@H](CCN1CC(OCCc2ccc3c(n2)CCCC3)C1)NC(=O)[C@@H]1CCCN1Cc1ccccc1. The van der Waals surface area contributed by atoms with E-state index in [1.807, 2.05) is 18.2 Å². The van der Waals surface area contributed by atoms with Gasteiger partial charge in [0, 0.05) is 44.0 Å². The average Bonchev–Trinajstić information content (AvgIpc) is 3.37. The van der Waals surface area contributed by atoms with E-state index in [2.05, 4.69) is 39.4 Å². The summed E-state index contributed by atoms with van der Waals surface area (Å²) in [6.45, 7) is 4.42. The first-order chi connectivity index (χ1) is 18.5. The molecular formula is C30H40N4O4. The lowest BCUT2D eigenvalue weighted by Crippen LogP contribution is -2.55. The van der Waals surface area contributed by atoms with Crippen molar-refractivity contribution in [2.45, 2.75) is 76.1 Å². The molecule has 0 unspecified atom stereocenters. The Balaban J connectivity index is 1.01. The summed E-state index contributed by atoms with van der Waals surface area (Å²) in [6.07, 6.45) is 7.83. The van der Waals surface area contributed by atoms with Gasteiger partial charge in [0.2, 0.25) is 5.91 Å². The van der Waals surface area contributed by atoms with E-state index in [-0.39, 0.29) is 18.1 Å². The quantitative estimate of drug-likeness (QED) is 0.444. The molecule has 0 spiro atoms. The Morgan fingerprint density at radius 2 is 1.89 bits per heavy atom. The monoisotopic (exact) mass is 520 g/mol. The first kappa shape index (κ1) is 26.8. The zero-order chi connectivity index (χ0) is 26.3. The van der Waals surface area contributed by atoms with Gasteiger partial charge in [0.15, 0.2) is 0 Å². The fourth-order valence-electron chi connectivity index (χ4n) is 5.87. The fourth-order valence-corrected chi connectivity index (χ4v) is 5.87. The van der Waals surface area contributed by atoms with E-state index in [0.29, 0.717) is 26.1 Å². The highest BCUT2D eigenvalue weighted by molar-refractivity contribution is 5.87. The molecule has 8 heteroatoms. The van der Waals surface area contributed by atoms with Crippen molar-refractivity contribution < 1.29 is 19.4 Å². The number of likely N-dealkylation sites (tertiary alicyclic amines) is 2. The Bertz CT molecular complexity index is 1090. The Hall–Kier alpha value is -2.81. The number of hydrogen-bond donors (Lipinski definition) is 2. The normalized spacial score (nSPS) is 21.0. The first-order valence-electron chi connectivity index (χ1n) is 14.2. The number of rotatable bonds is 12. The molecule has 0 radical (unpaired) electrons. The first-order valence-corrected chi connectivity index (χ1v) is 14.2. The van der Waals surface area contributed by atoms with Crippen LogP contribution in [0.3, 0.4) is 0 Å². The zero-order valence-electron chi connectivity index (χ0n) is 22.2. The number of nitrogens with zero attached hydrogens (tertiary/aromatic N) is 3. The number of aliphatic carboxylic acids is 1. The third-order valence-electron chi connectivity index (χ3n) is 8.11. The van der Waals surface area contributed by atoms with Gasteiger partial charge in [0.1, 0.15) is 6.04 Å². The van der Waals surface area contributed by atoms with E-state index in [1.54, 1.807) is 0 Å². The van der Waals surface area contributed by atoms with E-state index in [0.717, 1.165) is 63.0 Å². The lowest BCUT2D eigenvalue weighted by Gasteiger charge is -2.39. The number of fused-ring (bicyclic) bond motifs is 1. The molecule has 3 aliphatic rings. The minimum absolute atomic E-state index is 0.175. The number of benzene rings is 1. The van der Waals surface area contributed by atoms with Crippen LogP contribution in [0.1, 0.15) is 54.6 Å². The Morgan fingerprint density at radius 1 is 1.08 bits per heavy atom. The van der Waals surface area contributed by atoms with Gasteiger partial charge in [-0.2, -0.15) is 0 Å². The molecule has 0 bridgehead atoms. The molecule has 1 aliphatic carbocycles. The summed E-state index contributed by atoms with van der Waals surface area (Å²) in [5.74, 6) is -1.15. The summed E-state index contributed by atoms with van der Waals surface area (Å²) < 4.78 is 6.03. The van der Waals surface area contributed by atoms with Crippen molar-refractivity contribution in [3.8, 4) is 0 Å². The number of aryl methyl sites for hydroxylation is 2. The summed E-state index contributed by atoms with van der Waals surface area (Å²) in [5.41, 5.74) is 4.93. The van der Waals surface area contributed by atoms with E-state index >= 15 is 0 Å². The highest BCUT2D eigenvalue weighted by Crippen LogP contribution is 2.22. The number of nitrogens with one attached hydrogen (secondary N) is 1. The molecule has 1 amide bonds. The number of pyridine rings is 1. The van der Waals surface area contributed by atoms with Gasteiger partial charge in [-0.1, -0.05) is 36.4 Å². The van der Waals surface area contributed by atoms with Crippen molar-refractivity contribution >= 4 is 11.9 Å². The number of amides is 1. The molecule has 2 aliphatic heterocycles. The Morgan fingerprint density at radius 3 is 2.71 bits per heavy atom. The van der Waals surface area contributed by atoms with Crippen molar-refractivity contribution in [3.63, 3.8) is 0 Å². The van der Waals surface area contributed by atoms with Gasteiger partial charge in [-0.25, -0.2) is 4.79 Å². The molecule has 2 aromatic rings. The molecule has 8 nitrogen and oxygen atoms in total. The van der Waals surface area contributed by atoms with E-state index in [4.69, 9.17) is 9.72 Å². The van der Waals surface area contributed by atoms with Crippen LogP contribution in [0.2, 0.25) is 0 Å². The predicted octanol–water partition coefficient (Wildman–Crippen LogP) is 2.83. The van der Waals surface area contributed by atoms with E-state index in [9.17, 15) is 14.7 Å². The third kappa shape index (κ3) is 6.98. The van der Waals surface area contributed by atoms with Crippen molar-refractivity contribution in [3.05, 3.63) is 65.0 Å². The van der Waals surface area contributed by atoms with Gasteiger partial charge < -0.3 is 15.2 Å². The van der Waals surface area contributed by atoms with Gasteiger partial charge in [-0.3, -0.25) is 19.6 Å². The van der Waals surface area contributed by atoms with Crippen molar-refractivity contribution in [2.75, 3.05) is 32.8 Å². The van der Waals surface area contributed by atoms with E-state index in [1.165, 1.54) is 24.1 Å². The Labute approximate surface area is 225 Å². The van der Waals surface area contributed by atoms with Crippen LogP contribution in [0.25, 0.3) is 0 Å². The predicted molar refractivity (Wildman–Crippen MR) is 145 cm³/mol. The van der Waals surface area contributed by atoms with Crippen LogP contribution >= 0.6 is 0 Å². The van der Waals surface area contributed by atoms with Crippen molar-refractivity contribution in [2.24, 2.45) is 0 Å². The summed E-state index contributed by atoms with van der Waals surface area (Å²) in [7, 11) is 0. The second-order valence-electron chi connectivity index (χ2n) is 10.9. The van der Waals surface area contributed by atoms with Crippen LogP contribution in [-0.2, 0) is 40.1 Å². The summed E-state index contributed by atoms with van der Waals surface area (Å²) in [4.78, 5) is 34.1. The Kier molecular flexibility index (Phi) is 9.04. The summed E-state index contributed by atoms with van der Waals surface area (Å²) >= 11 is 0. The maximum atomic E-state index is 13.0. The number of aromatic nitrogens is 1. The molecule has 38 heavy (non-hydrogen) atoms. The zero-order valence-corrected chi connectivity index (χ0v) is 22.2. The van der Waals surface area contributed by atoms with Gasteiger partial charge >= 0.3 is 5.97 Å². The highest BCUT2D eigenvalue weighted by atomic mass is 16.5. The molecule has 3 heterocycles. The molecule has 2 saturated heterocycles. The molecule has 0 saturated carbocycles. The van der Waals surface area contributed by atoms with Crippen LogP contribution in [0.15, 0.2) is 42.5 Å². The molecule has 1 aromatic carbocycles. The minimum atomic E-state index is -0.975. The van der Waals surface area contributed by atoms with Crippen LogP contribution in [0.5, 0.6) is 0 Å². The number of ether oxygens (including phenoxy) is 1. The smallest absolute Gasteiger partial charge is 0.326 e. The number of carboxylic acid groups (broad SMARTS) is 1. The van der Waals surface area contributed by atoms with Crippen molar-refractivity contribution in [1.29, 1.82) is 0 Å². The van der Waals surface area contributed by atoms with Crippen LogP contribution in [-0.4, -0.2) is 82.7 Å². The molecule has 2 atom stereocenters. The van der Waals surface area contributed by atoms with Crippen LogP contribution in [0.4, 0.5) is 0 Å². The molecule has 2 N–H and O–H groups in total. The molecular weight excluding hydrogens is 480 g/mol.